The predicted octanol–water partition coefficient (Wildman–Crippen LogP) is 6.02. The van der Waals surface area contributed by atoms with Crippen LogP contribution in [0.4, 0.5) is 0 Å². The van der Waals surface area contributed by atoms with Crippen LogP contribution in [0, 0.1) is 5.41 Å². The molecule has 2 nitrogen and oxygen atoms in total. The maximum absolute atomic E-state index is 11.4. The summed E-state index contributed by atoms with van der Waals surface area (Å²) in [5.74, 6) is 0. The molecule has 0 amide bonds. The molecule has 33 heavy (non-hydrogen) atoms. The largest absolute Gasteiger partial charge is 0.395 e. The molecule has 0 aromatic heterocycles. The summed E-state index contributed by atoms with van der Waals surface area (Å²) in [6.45, 7) is 4.53. The van der Waals surface area contributed by atoms with Gasteiger partial charge in [-0.05, 0) is 62.8 Å². The molecule has 3 aliphatic rings. The van der Waals surface area contributed by atoms with Gasteiger partial charge in [-0.1, -0.05) is 98.8 Å². The highest BCUT2D eigenvalue weighted by molar-refractivity contribution is 5.89. The van der Waals surface area contributed by atoms with Gasteiger partial charge in [-0.2, -0.15) is 0 Å². The van der Waals surface area contributed by atoms with E-state index in [0.717, 1.165) is 24.0 Å². The van der Waals surface area contributed by atoms with Gasteiger partial charge in [0.05, 0.1) is 18.6 Å². The highest BCUT2D eigenvalue weighted by atomic mass is 16.3. The van der Waals surface area contributed by atoms with Crippen LogP contribution in [0.2, 0.25) is 0 Å². The fraction of sp³-hybridized carbons (Fsp3) is 0.290. The van der Waals surface area contributed by atoms with Crippen LogP contribution in [-0.2, 0) is 10.8 Å². The van der Waals surface area contributed by atoms with E-state index < -0.39 is 16.2 Å². The van der Waals surface area contributed by atoms with Crippen molar-refractivity contribution in [1.82, 2.24) is 0 Å². The van der Waals surface area contributed by atoms with Crippen LogP contribution in [0.25, 0.3) is 16.7 Å². The number of fused-ring (bicyclic) bond motifs is 5. The minimum absolute atomic E-state index is 0.00969. The predicted molar refractivity (Wildman–Crippen MR) is 134 cm³/mol. The average Bonchev–Trinajstić information content (AvgIpc) is 3.33. The Kier molecular flexibility index (Phi) is 4.40. The van der Waals surface area contributed by atoms with E-state index in [1.54, 1.807) is 0 Å². The highest BCUT2D eigenvalue weighted by Gasteiger charge is 2.64. The lowest BCUT2D eigenvalue weighted by Gasteiger charge is -2.56. The Balaban J connectivity index is 1.72. The van der Waals surface area contributed by atoms with Crippen molar-refractivity contribution in [3.05, 3.63) is 113 Å². The van der Waals surface area contributed by atoms with Crippen LogP contribution in [0.5, 0.6) is 0 Å². The molecule has 2 heteroatoms. The summed E-state index contributed by atoms with van der Waals surface area (Å²) in [4.78, 5) is 0. The van der Waals surface area contributed by atoms with Crippen molar-refractivity contribution in [3.8, 4) is 11.1 Å². The Bertz CT molecular complexity index is 1280. The van der Waals surface area contributed by atoms with Gasteiger partial charge in [-0.3, -0.25) is 0 Å². The molecule has 3 aromatic rings. The fourth-order valence-electron chi connectivity index (χ4n) is 7.44. The molecule has 0 aliphatic heterocycles. The Morgan fingerprint density at radius 1 is 0.697 bits per heavy atom. The zero-order valence-corrected chi connectivity index (χ0v) is 19.3. The van der Waals surface area contributed by atoms with Crippen LogP contribution < -0.4 is 0 Å². The first kappa shape index (κ1) is 20.7. The summed E-state index contributed by atoms with van der Waals surface area (Å²) in [6, 6.07) is 25.6. The quantitative estimate of drug-likeness (QED) is 0.527. The first-order valence-corrected chi connectivity index (χ1v) is 12.0. The number of aliphatic hydroxyl groups is 2. The number of hydrogen-bond acceptors (Lipinski definition) is 2. The van der Waals surface area contributed by atoms with Gasteiger partial charge in [-0.25, -0.2) is 0 Å². The molecule has 1 atom stereocenters. The van der Waals surface area contributed by atoms with Gasteiger partial charge in [-0.15, -0.1) is 0 Å². The lowest BCUT2D eigenvalue weighted by atomic mass is 9.46. The van der Waals surface area contributed by atoms with Crippen molar-refractivity contribution < 1.29 is 10.2 Å². The minimum Gasteiger partial charge on any atom is -0.395 e. The molecular weight excluding hydrogens is 404 g/mol. The molecule has 0 bridgehead atoms. The SMILES string of the molecule is CC(C)(C1(CO)C2=C(C=CCC2)c2ccccc21)C1(CO)c2ccccc2-c2ccccc21. The number of aliphatic hydroxyl groups excluding tert-OH is 2. The first-order chi connectivity index (χ1) is 16.0. The highest BCUT2D eigenvalue weighted by Crippen LogP contribution is 2.67. The van der Waals surface area contributed by atoms with Crippen molar-refractivity contribution in [2.75, 3.05) is 13.2 Å². The van der Waals surface area contributed by atoms with Crippen LogP contribution >= 0.6 is 0 Å². The fourth-order valence-corrected chi connectivity index (χ4v) is 7.44. The molecule has 0 fully saturated rings. The van der Waals surface area contributed by atoms with E-state index in [-0.39, 0.29) is 13.2 Å². The third-order valence-corrected chi connectivity index (χ3v) is 9.03. The van der Waals surface area contributed by atoms with Crippen LogP contribution in [0.1, 0.15) is 48.9 Å². The summed E-state index contributed by atoms with van der Waals surface area (Å²) < 4.78 is 0. The molecule has 1 unspecified atom stereocenters. The van der Waals surface area contributed by atoms with Gasteiger partial charge in [0.2, 0.25) is 0 Å². The number of benzene rings is 3. The van der Waals surface area contributed by atoms with E-state index in [1.807, 2.05) is 0 Å². The standard InChI is InChI=1S/C31H30O2/c1-29(2,30(19-32)25-15-7-3-11-21(25)22-12-4-8-16-26(22)30)31(20-33)27-17-9-5-13-23(27)24-14-6-10-18-28(24)31/h3-9,11-17,32-33H,10,18-20H2,1-2H3. The lowest BCUT2D eigenvalue weighted by molar-refractivity contribution is 0.0178. The Hall–Kier alpha value is -2.94. The third kappa shape index (κ3) is 2.26. The zero-order chi connectivity index (χ0) is 22.8. The molecular formula is C31H30O2. The Morgan fingerprint density at radius 2 is 1.18 bits per heavy atom. The van der Waals surface area contributed by atoms with Gasteiger partial charge in [0.25, 0.3) is 0 Å². The monoisotopic (exact) mass is 434 g/mol. The molecule has 2 N–H and O–H groups in total. The summed E-state index contributed by atoms with van der Waals surface area (Å²) in [5, 5.41) is 22.7. The van der Waals surface area contributed by atoms with E-state index in [4.69, 9.17) is 0 Å². The van der Waals surface area contributed by atoms with Crippen molar-refractivity contribution in [1.29, 1.82) is 0 Å². The van der Waals surface area contributed by atoms with Crippen molar-refractivity contribution in [2.45, 2.75) is 37.5 Å². The maximum atomic E-state index is 11.4. The maximum Gasteiger partial charge on any atom is 0.0574 e. The average molecular weight is 435 g/mol. The Labute approximate surface area is 195 Å². The van der Waals surface area contributed by atoms with Crippen molar-refractivity contribution in [3.63, 3.8) is 0 Å². The van der Waals surface area contributed by atoms with Gasteiger partial charge in [0.15, 0.2) is 0 Å². The van der Waals surface area contributed by atoms with Gasteiger partial charge >= 0.3 is 0 Å². The molecule has 6 rings (SSSR count). The number of rotatable bonds is 4. The van der Waals surface area contributed by atoms with Crippen molar-refractivity contribution >= 4 is 5.57 Å². The summed E-state index contributed by atoms with van der Waals surface area (Å²) in [6.07, 6.45) is 6.39. The van der Waals surface area contributed by atoms with Crippen LogP contribution in [-0.4, -0.2) is 23.4 Å². The first-order valence-electron chi connectivity index (χ1n) is 12.0. The molecule has 0 radical (unpaired) electrons. The van der Waals surface area contributed by atoms with E-state index in [9.17, 15) is 10.2 Å². The second-order valence-electron chi connectivity index (χ2n) is 10.2. The van der Waals surface area contributed by atoms with Gasteiger partial charge in [0.1, 0.15) is 0 Å². The zero-order valence-electron chi connectivity index (χ0n) is 19.3. The molecule has 3 aromatic carbocycles. The normalized spacial score (nSPS) is 22.1. The molecule has 0 heterocycles. The van der Waals surface area contributed by atoms with E-state index in [0.29, 0.717) is 0 Å². The molecule has 166 valence electrons. The molecule has 0 saturated heterocycles. The van der Waals surface area contributed by atoms with Gasteiger partial charge in [0, 0.05) is 5.41 Å². The van der Waals surface area contributed by atoms with Crippen LogP contribution in [0.15, 0.2) is 90.5 Å². The smallest absolute Gasteiger partial charge is 0.0574 e. The summed E-state index contributed by atoms with van der Waals surface area (Å²) in [7, 11) is 0. The third-order valence-electron chi connectivity index (χ3n) is 9.03. The molecule has 0 saturated carbocycles. The lowest BCUT2D eigenvalue weighted by Crippen LogP contribution is -2.58. The van der Waals surface area contributed by atoms with Gasteiger partial charge < -0.3 is 10.2 Å². The second kappa shape index (κ2) is 7.03. The Morgan fingerprint density at radius 3 is 1.73 bits per heavy atom. The second-order valence-corrected chi connectivity index (χ2v) is 10.2. The van der Waals surface area contributed by atoms with Crippen LogP contribution in [0.3, 0.4) is 0 Å². The topological polar surface area (TPSA) is 40.5 Å². The van der Waals surface area contributed by atoms with Crippen molar-refractivity contribution in [2.24, 2.45) is 5.41 Å². The van der Waals surface area contributed by atoms with E-state index >= 15 is 0 Å². The molecule has 3 aliphatic carbocycles. The number of hydrogen-bond donors (Lipinski definition) is 2. The number of allylic oxidation sites excluding steroid dienone is 3. The summed E-state index contributed by atoms with van der Waals surface area (Å²) >= 11 is 0. The van der Waals surface area contributed by atoms with E-state index in [1.165, 1.54) is 33.4 Å². The minimum atomic E-state index is -0.653. The summed E-state index contributed by atoms with van der Waals surface area (Å²) in [5.41, 5.74) is 7.89. The molecule has 0 spiro atoms. The van der Waals surface area contributed by atoms with E-state index in [2.05, 4.69) is 98.8 Å².